The van der Waals surface area contributed by atoms with Gasteiger partial charge in [-0.25, -0.2) is 4.79 Å². The van der Waals surface area contributed by atoms with E-state index in [1.807, 2.05) is 54.6 Å². The summed E-state index contributed by atoms with van der Waals surface area (Å²) in [5.74, 6) is -0.608. The molecule has 2 aromatic carbocycles. The van der Waals surface area contributed by atoms with Crippen molar-refractivity contribution in [1.82, 2.24) is 15.2 Å². The first-order chi connectivity index (χ1) is 19.5. The maximum atomic E-state index is 13.4. The number of ether oxygens (including phenoxy) is 1. The Balaban J connectivity index is 1.31. The third kappa shape index (κ3) is 7.70. The largest absolute Gasteiger partial charge is 0.459 e. The van der Waals surface area contributed by atoms with E-state index in [1.165, 1.54) is 0 Å². The zero-order chi connectivity index (χ0) is 28.3. The molecule has 9 heteroatoms. The Hall–Kier alpha value is -3.69. The summed E-state index contributed by atoms with van der Waals surface area (Å²) in [4.78, 5) is 43.9. The number of amides is 2. The first-order valence-corrected chi connectivity index (χ1v) is 14.3. The quantitative estimate of drug-likeness (QED) is 0.180. The zero-order valence-electron chi connectivity index (χ0n) is 23.1. The molecule has 0 unspecified atom stereocenters. The molecule has 2 amide bonds. The van der Waals surface area contributed by atoms with Crippen molar-refractivity contribution in [2.75, 3.05) is 13.1 Å². The second kappa shape index (κ2) is 14.6. The van der Waals surface area contributed by atoms with Gasteiger partial charge in [0, 0.05) is 36.0 Å². The number of carbonyl (C=O) groups excluding carboxylic acids is 3. The van der Waals surface area contributed by atoms with E-state index < -0.39 is 18.1 Å². The summed E-state index contributed by atoms with van der Waals surface area (Å²) in [6.07, 6.45) is 5.26. The molecular weight excluding hydrogens is 506 g/mol. The number of fused-ring (bicyclic) bond motifs is 3. The number of nitrogens with two attached hydrogens (primary N) is 2. The molecule has 1 aromatic heterocycles. The van der Waals surface area contributed by atoms with Gasteiger partial charge in [-0.2, -0.15) is 0 Å². The Morgan fingerprint density at radius 2 is 1.77 bits per heavy atom. The molecule has 2 atom stereocenters. The molecule has 1 aliphatic rings. The molecular formula is C31H41N5O4. The molecule has 0 aliphatic carbocycles. The lowest BCUT2D eigenvalue weighted by atomic mass is 9.96. The normalized spacial score (nSPS) is 15.4. The number of unbranched alkanes of at least 4 members (excludes halogenated alkanes) is 3. The first kappa shape index (κ1) is 29.3. The molecule has 0 radical (unpaired) electrons. The van der Waals surface area contributed by atoms with Gasteiger partial charge in [-0.05, 0) is 49.4 Å². The highest BCUT2D eigenvalue weighted by Crippen LogP contribution is 2.31. The average molecular weight is 548 g/mol. The fourth-order valence-electron chi connectivity index (χ4n) is 5.21. The van der Waals surface area contributed by atoms with Gasteiger partial charge in [0.05, 0.1) is 12.6 Å². The van der Waals surface area contributed by atoms with Gasteiger partial charge in [0.25, 0.3) is 0 Å². The first-order valence-electron chi connectivity index (χ1n) is 14.3. The lowest BCUT2D eigenvalue weighted by Crippen LogP contribution is -2.49. The lowest BCUT2D eigenvalue weighted by Gasteiger charge is -2.34. The summed E-state index contributed by atoms with van der Waals surface area (Å²) >= 11 is 0. The van der Waals surface area contributed by atoms with E-state index in [0.717, 1.165) is 53.4 Å². The van der Waals surface area contributed by atoms with E-state index in [1.54, 1.807) is 4.90 Å². The fourth-order valence-corrected chi connectivity index (χ4v) is 5.21. The van der Waals surface area contributed by atoms with Crippen LogP contribution in [0.15, 0.2) is 54.6 Å². The zero-order valence-corrected chi connectivity index (χ0v) is 23.1. The third-order valence-electron chi connectivity index (χ3n) is 7.49. The van der Waals surface area contributed by atoms with Crippen LogP contribution in [0.1, 0.15) is 61.8 Å². The van der Waals surface area contributed by atoms with E-state index >= 15 is 0 Å². The maximum absolute atomic E-state index is 13.4. The molecule has 0 fully saturated rings. The summed E-state index contributed by atoms with van der Waals surface area (Å²) in [6.45, 7) is 1.63. The van der Waals surface area contributed by atoms with E-state index in [-0.39, 0.29) is 18.4 Å². The number of para-hydroxylation sites is 1. The molecule has 214 valence electrons. The molecule has 0 spiro atoms. The van der Waals surface area contributed by atoms with Crippen LogP contribution in [0.25, 0.3) is 10.9 Å². The van der Waals surface area contributed by atoms with Crippen LogP contribution >= 0.6 is 0 Å². The highest BCUT2D eigenvalue weighted by atomic mass is 16.5. The Morgan fingerprint density at radius 3 is 2.58 bits per heavy atom. The minimum Gasteiger partial charge on any atom is -0.459 e. The Bertz CT molecular complexity index is 1280. The predicted octanol–water partition coefficient (Wildman–Crippen LogP) is 3.30. The monoisotopic (exact) mass is 547 g/mol. The molecule has 0 saturated heterocycles. The number of rotatable bonds is 14. The summed E-state index contributed by atoms with van der Waals surface area (Å²) < 4.78 is 5.68. The van der Waals surface area contributed by atoms with E-state index in [2.05, 4.69) is 10.3 Å². The number of aromatic nitrogens is 1. The van der Waals surface area contributed by atoms with Gasteiger partial charge in [-0.3, -0.25) is 9.59 Å². The van der Waals surface area contributed by atoms with Crippen LogP contribution in [-0.4, -0.2) is 52.8 Å². The second-order valence-electron chi connectivity index (χ2n) is 10.5. The summed E-state index contributed by atoms with van der Waals surface area (Å²) in [5.41, 5.74) is 15.4. The van der Waals surface area contributed by atoms with Crippen molar-refractivity contribution >= 4 is 28.7 Å². The number of nitrogens with one attached hydrogen (secondary N) is 2. The molecule has 40 heavy (non-hydrogen) atoms. The van der Waals surface area contributed by atoms with Gasteiger partial charge in [0.1, 0.15) is 12.6 Å². The molecule has 3 aromatic rings. The standard InChI is InChI=1S/C31H41N5O4/c32-17-9-8-14-25(33)30(38)34-18-10-2-5-16-29(37)36-20-27-24(23-13-6-7-15-26(23)35-27)19-28(36)31(39)40-21-22-11-3-1-4-12-22/h1,3-4,6-7,11-13,15,25,28,35H,2,5,8-10,14,16-21,32-33H2,(H,34,38)/t25-,28-/m0/s1. The van der Waals surface area contributed by atoms with E-state index in [4.69, 9.17) is 16.2 Å². The number of hydrogen-bond acceptors (Lipinski definition) is 6. The number of benzene rings is 2. The second-order valence-corrected chi connectivity index (χ2v) is 10.5. The van der Waals surface area contributed by atoms with Crippen LogP contribution in [0.5, 0.6) is 0 Å². The molecule has 6 N–H and O–H groups in total. The number of hydrogen-bond donors (Lipinski definition) is 4. The van der Waals surface area contributed by atoms with Crippen molar-refractivity contribution in [3.05, 3.63) is 71.4 Å². The van der Waals surface area contributed by atoms with E-state index in [0.29, 0.717) is 45.3 Å². The van der Waals surface area contributed by atoms with Gasteiger partial charge in [-0.1, -0.05) is 61.4 Å². The third-order valence-corrected chi connectivity index (χ3v) is 7.49. The Kier molecular flexibility index (Phi) is 10.7. The number of esters is 1. The minimum absolute atomic E-state index is 0.0723. The van der Waals surface area contributed by atoms with Crippen molar-refractivity contribution < 1.29 is 19.1 Å². The molecule has 2 heterocycles. The smallest absolute Gasteiger partial charge is 0.329 e. The van der Waals surface area contributed by atoms with Gasteiger partial charge >= 0.3 is 5.97 Å². The highest BCUT2D eigenvalue weighted by molar-refractivity contribution is 5.89. The maximum Gasteiger partial charge on any atom is 0.329 e. The van der Waals surface area contributed by atoms with Crippen LogP contribution < -0.4 is 16.8 Å². The number of nitrogens with zero attached hydrogens (tertiary/aromatic N) is 1. The molecule has 9 nitrogen and oxygen atoms in total. The van der Waals surface area contributed by atoms with Crippen molar-refractivity contribution in [2.45, 2.75) is 76.6 Å². The summed E-state index contributed by atoms with van der Waals surface area (Å²) in [6, 6.07) is 16.4. The van der Waals surface area contributed by atoms with Crippen LogP contribution in [-0.2, 0) is 38.7 Å². The number of aromatic amines is 1. The topological polar surface area (TPSA) is 144 Å². The molecule has 1 aliphatic heterocycles. The Labute approximate surface area is 235 Å². The Morgan fingerprint density at radius 1 is 1.00 bits per heavy atom. The van der Waals surface area contributed by atoms with Gasteiger partial charge in [0.15, 0.2) is 0 Å². The van der Waals surface area contributed by atoms with Crippen molar-refractivity contribution in [1.29, 1.82) is 0 Å². The molecule has 4 rings (SSSR count). The lowest BCUT2D eigenvalue weighted by molar-refractivity contribution is -0.157. The van der Waals surface area contributed by atoms with Crippen LogP contribution in [0.3, 0.4) is 0 Å². The molecule has 0 bridgehead atoms. The van der Waals surface area contributed by atoms with Gasteiger partial charge in [-0.15, -0.1) is 0 Å². The van der Waals surface area contributed by atoms with Gasteiger partial charge < -0.3 is 31.4 Å². The summed E-state index contributed by atoms with van der Waals surface area (Å²) in [5, 5.41) is 3.95. The van der Waals surface area contributed by atoms with Crippen LogP contribution in [0.2, 0.25) is 0 Å². The van der Waals surface area contributed by atoms with E-state index in [9.17, 15) is 14.4 Å². The predicted molar refractivity (Wildman–Crippen MR) is 155 cm³/mol. The van der Waals surface area contributed by atoms with Crippen molar-refractivity contribution in [3.63, 3.8) is 0 Å². The average Bonchev–Trinajstić information content (AvgIpc) is 3.35. The van der Waals surface area contributed by atoms with Crippen LogP contribution in [0, 0.1) is 0 Å². The minimum atomic E-state index is -0.678. The summed E-state index contributed by atoms with van der Waals surface area (Å²) in [7, 11) is 0. The van der Waals surface area contributed by atoms with Crippen LogP contribution in [0.4, 0.5) is 0 Å². The molecule has 0 saturated carbocycles. The number of H-pyrrole nitrogens is 1. The van der Waals surface area contributed by atoms with Crippen molar-refractivity contribution in [2.24, 2.45) is 11.5 Å². The van der Waals surface area contributed by atoms with Crippen molar-refractivity contribution in [3.8, 4) is 0 Å². The fraction of sp³-hybridized carbons (Fsp3) is 0.452. The van der Waals surface area contributed by atoms with Gasteiger partial charge in [0.2, 0.25) is 11.8 Å². The number of carbonyl (C=O) groups is 3. The SMILES string of the molecule is NCCCC[C@H](N)C(=O)NCCCCCC(=O)N1Cc2[nH]c3ccccc3c2C[C@H]1C(=O)OCc1ccccc1. The highest BCUT2D eigenvalue weighted by Gasteiger charge is 2.37.